The van der Waals surface area contributed by atoms with Gasteiger partial charge in [0.2, 0.25) is 5.91 Å². The Hall–Kier alpha value is -2.13. The first-order valence-corrected chi connectivity index (χ1v) is 8.79. The van der Waals surface area contributed by atoms with E-state index in [4.69, 9.17) is 11.6 Å². The molecule has 3 rings (SSSR count). The van der Waals surface area contributed by atoms with Gasteiger partial charge in [-0.15, -0.1) is 11.3 Å². The Morgan fingerprint density at radius 1 is 1.50 bits per heavy atom. The standard InChI is InChI=1S/C18H16ClN3OS/c1-11-3-2-4-12(17(11)19)5-6-16(23)22-18-14(9-20)13-7-8-21-10-15(13)24-18/h2-6,21H,7-8,10H2,1H3,(H,22,23)/b6-5-. The largest absolute Gasteiger partial charge is 0.313 e. The molecule has 2 heterocycles. The molecular weight excluding hydrogens is 342 g/mol. The summed E-state index contributed by atoms with van der Waals surface area (Å²) in [6.45, 7) is 3.53. The molecule has 2 N–H and O–H groups in total. The van der Waals surface area contributed by atoms with Gasteiger partial charge in [0.1, 0.15) is 11.1 Å². The number of carbonyl (C=O) groups is 1. The molecule has 6 heteroatoms. The van der Waals surface area contributed by atoms with Gasteiger partial charge in [0.05, 0.1) is 10.6 Å². The van der Waals surface area contributed by atoms with Gasteiger partial charge < -0.3 is 10.6 Å². The highest BCUT2D eigenvalue weighted by atomic mass is 35.5. The lowest BCUT2D eigenvalue weighted by Crippen LogP contribution is -2.22. The van der Waals surface area contributed by atoms with E-state index in [1.54, 1.807) is 6.08 Å². The van der Waals surface area contributed by atoms with Gasteiger partial charge in [-0.1, -0.05) is 29.8 Å². The van der Waals surface area contributed by atoms with Gasteiger partial charge in [-0.25, -0.2) is 0 Å². The number of halogens is 1. The Balaban J connectivity index is 1.78. The number of anilines is 1. The summed E-state index contributed by atoms with van der Waals surface area (Å²) in [5.41, 5.74) is 3.40. The highest BCUT2D eigenvalue weighted by Gasteiger charge is 2.21. The number of rotatable bonds is 3. The monoisotopic (exact) mass is 357 g/mol. The van der Waals surface area contributed by atoms with Crippen molar-refractivity contribution in [3.63, 3.8) is 0 Å². The first kappa shape index (κ1) is 16.7. The zero-order chi connectivity index (χ0) is 17.1. The second-order valence-corrected chi connectivity index (χ2v) is 7.03. The van der Waals surface area contributed by atoms with Crippen molar-refractivity contribution in [3.8, 4) is 6.07 Å². The number of carbonyl (C=O) groups excluding carboxylic acids is 1. The van der Waals surface area contributed by atoms with Gasteiger partial charge in [0.15, 0.2) is 0 Å². The Morgan fingerprint density at radius 2 is 2.33 bits per heavy atom. The van der Waals surface area contributed by atoms with Crippen LogP contribution in [0.15, 0.2) is 24.3 Å². The van der Waals surface area contributed by atoms with E-state index < -0.39 is 0 Å². The van der Waals surface area contributed by atoms with Crippen LogP contribution < -0.4 is 10.6 Å². The summed E-state index contributed by atoms with van der Waals surface area (Å²) in [6.07, 6.45) is 3.95. The van der Waals surface area contributed by atoms with Crippen molar-refractivity contribution in [3.05, 3.63) is 56.4 Å². The SMILES string of the molecule is Cc1cccc(/C=C\C(=O)Nc2sc3c(c2C#N)CCNC3)c1Cl. The Labute approximate surface area is 149 Å². The number of hydrogen-bond donors (Lipinski definition) is 2. The molecule has 0 fully saturated rings. The average Bonchev–Trinajstić information content (AvgIpc) is 2.93. The molecule has 2 aromatic rings. The van der Waals surface area contributed by atoms with Crippen LogP contribution in [-0.2, 0) is 17.8 Å². The summed E-state index contributed by atoms with van der Waals surface area (Å²) in [5, 5.41) is 16.8. The Morgan fingerprint density at radius 3 is 3.12 bits per heavy atom. The first-order valence-electron chi connectivity index (χ1n) is 7.59. The van der Waals surface area contributed by atoms with E-state index in [1.807, 2.05) is 25.1 Å². The molecule has 0 aliphatic carbocycles. The number of hydrogen-bond acceptors (Lipinski definition) is 4. The van der Waals surface area contributed by atoms with Crippen molar-refractivity contribution < 1.29 is 4.79 Å². The maximum Gasteiger partial charge on any atom is 0.249 e. The zero-order valence-corrected chi connectivity index (χ0v) is 14.7. The molecule has 1 aromatic heterocycles. The Bertz CT molecular complexity index is 864. The highest BCUT2D eigenvalue weighted by Crippen LogP contribution is 2.34. The van der Waals surface area contributed by atoms with Crippen LogP contribution in [0.4, 0.5) is 5.00 Å². The van der Waals surface area contributed by atoms with Crippen molar-refractivity contribution in [2.45, 2.75) is 19.9 Å². The van der Waals surface area contributed by atoms with Crippen LogP contribution in [0.5, 0.6) is 0 Å². The summed E-state index contributed by atoms with van der Waals surface area (Å²) in [6, 6.07) is 7.89. The van der Waals surface area contributed by atoms with E-state index in [0.29, 0.717) is 15.6 Å². The van der Waals surface area contributed by atoms with E-state index in [2.05, 4.69) is 16.7 Å². The van der Waals surface area contributed by atoms with E-state index >= 15 is 0 Å². The summed E-state index contributed by atoms with van der Waals surface area (Å²) < 4.78 is 0. The minimum atomic E-state index is -0.268. The topological polar surface area (TPSA) is 64.9 Å². The molecule has 0 spiro atoms. The molecule has 1 aromatic carbocycles. The quantitative estimate of drug-likeness (QED) is 0.819. The van der Waals surface area contributed by atoms with Crippen LogP contribution in [0, 0.1) is 18.3 Å². The van der Waals surface area contributed by atoms with Crippen molar-refractivity contribution in [1.29, 1.82) is 5.26 Å². The van der Waals surface area contributed by atoms with Crippen LogP contribution in [0.25, 0.3) is 6.08 Å². The molecule has 0 atom stereocenters. The number of nitrogens with zero attached hydrogens (tertiary/aromatic N) is 1. The minimum absolute atomic E-state index is 0.268. The number of fused-ring (bicyclic) bond motifs is 1. The smallest absolute Gasteiger partial charge is 0.249 e. The summed E-state index contributed by atoms with van der Waals surface area (Å²) in [4.78, 5) is 13.3. The normalized spacial score (nSPS) is 13.5. The molecule has 1 aliphatic heterocycles. The molecule has 0 bridgehead atoms. The molecule has 122 valence electrons. The van der Waals surface area contributed by atoms with E-state index in [0.717, 1.165) is 41.1 Å². The van der Waals surface area contributed by atoms with Gasteiger partial charge in [0, 0.05) is 17.5 Å². The number of amides is 1. The average molecular weight is 358 g/mol. The van der Waals surface area contributed by atoms with E-state index in [-0.39, 0.29) is 5.91 Å². The minimum Gasteiger partial charge on any atom is -0.313 e. The van der Waals surface area contributed by atoms with Crippen LogP contribution in [-0.4, -0.2) is 12.5 Å². The van der Waals surface area contributed by atoms with Crippen LogP contribution in [0.1, 0.15) is 27.1 Å². The van der Waals surface area contributed by atoms with Gasteiger partial charge in [-0.05, 0) is 42.7 Å². The zero-order valence-electron chi connectivity index (χ0n) is 13.1. The fourth-order valence-corrected chi connectivity index (χ4v) is 4.02. The molecule has 0 unspecified atom stereocenters. The third kappa shape index (κ3) is 3.36. The van der Waals surface area contributed by atoms with Gasteiger partial charge in [-0.2, -0.15) is 5.26 Å². The maximum atomic E-state index is 12.2. The van der Waals surface area contributed by atoms with Gasteiger partial charge in [-0.3, -0.25) is 4.79 Å². The van der Waals surface area contributed by atoms with Crippen molar-refractivity contribution in [2.24, 2.45) is 0 Å². The molecule has 1 aliphatic rings. The summed E-state index contributed by atoms with van der Waals surface area (Å²) >= 11 is 7.69. The lowest BCUT2D eigenvalue weighted by Gasteiger charge is -2.11. The lowest BCUT2D eigenvalue weighted by molar-refractivity contribution is -0.111. The summed E-state index contributed by atoms with van der Waals surface area (Å²) in [5.74, 6) is -0.268. The summed E-state index contributed by atoms with van der Waals surface area (Å²) in [7, 11) is 0. The predicted molar refractivity (Wildman–Crippen MR) is 98.3 cm³/mol. The second-order valence-electron chi connectivity index (χ2n) is 5.55. The van der Waals surface area contributed by atoms with Crippen LogP contribution in [0.3, 0.4) is 0 Å². The number of nitriles is 1. The Kier molecular flexibility index (Phi) is 5.00. The van der Waals surface area contributed by atoms with Gasteiger partial charge in [0.25, 0.3) is 0 Å². The van der Waals surface area contributed by atoms with Crippen LogP contribution in [0.2, 0.25) is 5.02 Å². The molecular formula is C18H16ClN3OS. The molecule has 4 nitrogen and oxygen atoms in total. The van der Waals surface area contributed by atoms with Gasteiger partial charge >= 0.3 is 0 Å². The number of nitrogens with one attached hydrogen (secondary N) is 2. The lowest BCUT2D eigenvalue weighted by atomic mass is 10.1. The van der Waals surface area contributed by atoms with Crippen molar-refractivity contribution >= 4 is 39.9 Å². The van der Waals surface area contributed by atoms with Crippen molar-refractivity contribution in [1.82, 2.24) is 5.32 Å². The molecule has 1 amide bonds. The van der Waals surface area contributed by atoms with Crippen molar-refractivity contribution in [2.75, 3.05) is 11.9 Å². The predicted octanol–water partition coefficient (Wildman–Crippen LogP) is 3.88. The fraction of sp³-hybridized carbons (Fsp3) is 0.222. The van der Waals surface area contributed by atoms with E-state index in [1.165, 1.54) is 17.4 Å². The fourth-order valence-electron chi connectivity index (χ4n) is 2.66. The third-order valence-electron chi connectivity index (χ3n) is 3.91. The molecule has 0 saturated heterocycles. The number of thiophene rings is 1. The number of benzene rings is 1. The molecule has 0 radical (unpaired) electrons. The third-order valence-corrected chi connectivity index (χ3v) is 5.58. The number of aryl methyl sites for hydroxylation is 1. The first-order chi connectivity index (χ1) is 11.6. The van der Waals surface area contributed by atoms with E-state index in [9.17, 15) is 10.1 Å². The maximum absolute atomic E-state index is 12.2. The highest BCUT2D eigenvalue weighted by molar-refractivity contribution is 7.16. The molecule has 0 saturated carbocycles. The van der Waals surface area contributed by atoms with Crippen LogP contribution >= 0.6 is 22.9 Å². The second kappa shape index (κ2) is 7.18. The molecule has 24 heavy (non-hydrogen) atoms.